The van der Waals surface area contributed by atoms with Crippen molar-refractivity contribution < 1.29 is 9.78 Å². The van der Waals surface area contributed by atoms with Crippen molar-refractivity contribution in [3.8, 4) is 5.75 Å². The second kappa shape index (κ2) is 4.67. The van der Waals surface area contributed by atoms with Crippen molar-refractivity contribution >= 4 is 0 Å². The summed E-state index contributed by atoms with van der Waals surface area (Å²) in [5, 5.41) is 0. The maximum absolute atomic E-state index is 5.34. The zero-order valence-electron chi connectivity index (χ0n) is 10.1. The lowest BCUT2D eigenvalue weighted by molar-refractivity contribution is -0.275. The molecule has 0 fully saturated rings. The topological polar surface area (TPSA) is 18.5 Å². The Balaban J connectivity index is 2.76. The average Bonchev–Trinajstić information content (AvgIpc) is 2.14. The summed E-state index contributed by atoms with van der Waals surface area (Å²) < 4.78 is 0. The fourth-order valence-corrected chi connectivity index (χ4v) is 1.13. The van der Waals surface area contributed by atoms with Crippen molar-refractivity contribution in [2.24, 2.45) is 0 Å². The van der Waals surface area contributed by atoms with E-state index in [1.807, 2.05) is 39.0 Å². The second-order valence-corrected chi connectivity index (χ2v) is 4.90. The number of hydrogen-bond donors (Lipinski definition) is 0. The summed E-state index contributed by atoms with van der Waals surface area (Å²) in [6.07, 6.45) is 0. The van der Waals surface area contributed by atoms with E-state index in [1.165, 1.54) is 0 Å². The van der Waals surface area contributed by atoms with E-state index in [2.05, 4.69) is 19.9 Å². The van der Waals surface area contributed by atoms with Gasteiger partial charge in [-0.15, -0.1) is 0 Å². The monoisotopic (exact) mass is 207 g/mol. The van der Waals surface area contributed by atoms with Crippen LogP contribution in [0, 0.1) is 6.07 Å². The van der Waals surface area contributed by atoms with Gasteiger partial charge in [0, 0.05) is 5.56 Å². The minimum atomic E-state index is -0.298. The molecule has 0 bridgehead atoms. The highest BCUT2D eigenvalue weighted by Gasteiger charge is 2.14. The van der Waals surface area contributed by atoms with Crippen LogP contribution in [0.1, 0.15) is 46.1 Å². The van der Waals surface area contributed by atoms with E-state index >= 15 is 0 Å². The Labute approximate surface area is 92.1 Å². The SMILES string of the molecule is CC(C)c1c[c]ccc1OOC(C)(C)C. The van der Waals surface area contributed by atoms with Crippen LogP contribution in [-0.4, -0.2) is 5.60 Å². The minimum Gasteiger partial charge on any atom is -0.337 e. The molecule has 1 radical (unpaired) electrons. The smallest absolute Gasteiger partial charge is 0.168 e. The van der Waals surface area contributed by atoms with Crippen molar-refractivity contribution in [2.75, 3.05) is 0 Å². The standard InChI is InChI=1S/C13H19O2/c1-10(2)11-8-6-7-9-12(11)14-15-13(3,4)5/h7-10H,1-5H3. The fraction of sp³-hybridized carbons (Fsp3) is 0.538. The zero-order valence-corrected chi connectivity index (χ0v) is 10.1. The number of benzene rings is 1. The van der Waals surface area contributed by atoms with Gasteiger partial charge in [-0.3, -0.25) is 0 Å². The summed E-state index contributed by atoms with van der Waals surface area (Å²) in [7, 11) is 0. The predicted octanol–water partition coefficient (Wildman–Crippen LogP) is 3.72. The van der Waals surface area contributed by atoms with Crippen LogP contribution in [0.15, 0.2) is 18.2 Å². The van der Waals surface area contributed by atoms with Gasteiger partial charge in [-0.1, -0.05) is 19.9 Å². The molecule has 0 spiro atoms. The van der Waals surface area contributed by atoms with Crippen LogP contribution >= 0.6 is 0 Å². The van der Waals surface area contributed by atoms with Crippen molar-refractivity contribution in [1.82, 2.24) is 0 Å². The van der Waals surface area contributed by atoms with Crippen molar-refractivity contribution in [1.29, 1.82) is 0 Å². The first kappa shape index (κ1) is 12.1. The quantitative estimate of drug-likeness (QED) is 0.555. The molecular formula is C13H19O2. The normalized spacial score (nSPS) is 11.9. The van der Waals surface area contributed by atoms with Gasteiger partial charge in [-0.05, 0) is 44.9 Å². The summed E-state index contributed by atoms with van der Waals surface area (Å²) in [5.41, 5.74) is 0.815. The third-order valence-corrected chi connectivity index (χ3v) is 1.86. The Morgan fingerprint density at radius 1 is 1.27 bits per heavy atom. The van der Waals surface area contributed by atoms with Gasteiger partial charge < -0.3 is 4.89 Å². The highest BCUT2D eigenvalue weighted by Crippen LogP contribution is 2.26. The minimum absolute atomic E-state index is 0.298. The van der Waals surface area contributed by atoms with Gasteiger partial charge in [-0.2, -0.15) is 4.89 Å². The number of rotatable bonds is 3. The van der Waals surface area contributed by atoms with Crippen molar-refractivity contribution in [3.63, 3.8) is 0 Å². The third kappa shape index (κ3) is 3.92. The molecule has 2 nitrogen and oxygen atoms in total. The summed E-state index contributed by atoms with van der Waals surface area (Å²) in [6, 6.07) is 8.68. The second-order valence-electron chi connectivity index (χ2n) is 4.90. The Bertz CT molecular complexity index is 311. The summed E-state index contributed by atoms with van der Waals surface area (Å²) in [5.74, 6) is 1.18. The Kier molecular flexibility index (Phi) is 3.75. The van der Waals surface area contributed by atoms with E-state index in [4.69, 9.17) is 9.78 Å². The highest BCUT2D eigenvalue weighted by molar-refractivity contribution is 5.34. The average molecular weight is 207 g/mol. The molecule has 0 aliphatic carbocycles. The Hall–Kier alpha value is -1.02. The van der Waals surface area contributed by atoms with Crippen LogP contribution in [0.25, 0.3) is 0 Å². The van der Waals surface area contributed by atoms with E-state index < -0.39 is 0 Å². The molecular weight excluding hydrogens is 188 g/mol. The van der Waals surface area contributed by atoms with Crippen LogP contribution in [-0.2, 0) is 4.89 Å². The lowest BCUT2D eigenvalue weighted by atomic mass is 10.0. The molecule has 0 saturated carbocycles. The molecule has 0 heterocycles. The van der Waals surface area contributed by atoms with Crippen LogP contribution < -0.4 is 4.89 Å². The Morgan fingerprint density at radius 3 is 2.47 bits per heavy atom. The summed E-state index contributed by atoms with van der Waals surface area (Å²) in [6.45, 7) is 10.1. The molecule has 0 amide bonds. The molecule has 0 saturated heterocycles. The van der Waals surface area contributed by atoms with E-state index in [9.17, 15) is 0 Å². The summed E-state index contributed by atoms with van der Waals surface area (Å²) >= 11 is 0. The first-order valence-electron chi connectivity index (χ1n) is 5.26. The van der Waals surface area contributed by atoms with Gasteiger partial charge in [-0.25, -0.2) is 0 Å². The van der Waals surface area contributed by atoms with Crippen molar-refractivity contribution in [3.05, 3.63) is 29.8 Å². The van der Waals surface area contributed by atoms with E-state index in [1.54, 1.807) is 0 Å². The van der Waals surface area contributed by atoms with Crippen molar-refractivity contribution in [2.45, 2.75) is 46.1 Å². The number of hydrogen-bond acceptors (Lipinski definition) is 2. The molecule has 1 aromatic carbocycles. The van der Waals surface area contributed by atoms with Gasteiger partial charge >= 0.3 is 0 Å². The Morgan fingerprint density at radius 2 is 1.93 bits per heavy atom. The molecule has 15 heavy (non-hydrogen) atoms. The molecule has 2 heteroatoms. The van der Waals surface area contributed by atoms with Crippen LogP contribution in [0.4, 0.5) is 0 Å². The highest BCUT2D eigenvalue weighted by atomic mass is 17.2. The van der Waals surface area contributed by atoms with Gasteiger partial charge in [0.05, 0.1) is 0 Å². The molecule has 0 aliphatic heterocycles. The van der Waals surface area contributed by atoms with Gasteiger partial charge in [0.2, 0.25) is 0 Å². The van der Waals surface area contributed by atoms with E-state index in [0.717, 1.165) is 11.3 Å². The molecule has 0 aliphatic rings. The predicted molar refractivity (Wildman–Crippen MR) is 60.8 cm³/mol. The molecule has 0 N–H and O–H groups in total. The summed E-state index contributed by atoms with van der Waals surface area (Å²) in [4.78, 5) is 10.6. The third-order valence-electron chi connectivity index (χ3n) is 1.86. The van der Waals surface area contributed by atoms with E-state index in [0.29, 0.717) is 5.92 Å². The van der Waals surface area contributed by atoms with Gasteiger partial charge in [0.1, 0.15) is 5.60 Å². The maximum Gasteiger partial charge on any atom is 0.168 e. The van der Waals surface area contributed by atoms with Crippen LogP contribution in [0.5, 0.6) is 5.75 Å². The lowest BCUT2D eigenvalue weighted by Gasteiger charge is -2.19. The molecule has 83 valence electrons. The fourth-order valence-electron chi connectivity index (χ4n) is 1.13. The molecule has 0 unspecified atom stereocenters. The molecule has 0 aromatic heterocycles. The molecule has 1 rings (SSSR count). The van der Waals surface area contributed by atoms with Crippen LogP contribution in [0.2, 0.25) is 0 Å². The first-order valence-corrected chi connectivity index (χ1v) is 5.26. The van der Waals surface area contributed by atoms with Crippen LogP contribution in [0.3, 0.4) is 0 Å². The molecule has 1 aromatic rings. The first-order chi connectivity index (χ1) is 6.90. The zero-order chi connectivity index (χ0) is 11.5. The van der Waals surface area contributed by atoms with E-state index in [-0.39, 0.29) is 5.60 Å². The maximum atomic E-state index is 5.34. The lowest BCUT2D eigenvalue weighted by Crippen LogP contribution is -2.21. The van der Waals surface area contributed by atoms with Gasteiger partial charge in [0.25, 0.3) is 0 Å². The van der Waals surface area contributed by atoms with Gasteiger partial charge in [0.15, 0.2) is 5.75 Å². The molecule has 0 atom stereocenters. The largest absolute Gasteiger partial charge is 0.337 e.